The van der Waals surface area contributed by atoms with Crippen LogP contribution in [0.3, 0.4) is 0 Å². The zero-order valence-electron chi connectivity index (χ0n) is 14.5. The maximum absolute atomic E-state index is 12.3. The van der Waals surface area contributed by atoms with Crippen LogP contribution in [0.2, 0.25) is 0 Å². The van der Waals surface area contributed by atoms with E-state index >= 15 is 0 Å². The Morgan fingerprint density at radius 2 is 1.41 bits per heavy atom. The highest BCUT2D eigenvalue weighted by Crippen LogP contribution is 2.17. The average molecular weight is 362 g/mol. The highest BCUT2D eigenvalue weighted by atomic mass is 16.5. The molecule has 3 aromatic carbocycles. The molecule has 0 aromatic heterocycles. The van der Waals surface area contributed by atoms with Crippen molar-refractivity contribution >= 4 is 12.3 Å². The van der Waals surface area contributed by atoms with Crippen LogP contribution in [0.4, 0.5) is 0 Å². The summed E-state index contributed by atoms with van der Waals surface area (Å²) in [5, 5.41) is 0. The molecule has 0 aliphatic carbocycles. The van der Waals surface area contributed by atoms with Crippen molar-refractivity contribution in [3.63, 3.8) is 0 Å². The number of para-hydroxylation sites is 1. The molecule has 0 aliphatic heterocycles. The highest BCUT2D eigenvalue weighted by molar-refractivity contribution is 5.91. The maximum Gasteiger partial charge on any atom is 0.343 e. The summed E-state index contributed by atoms with van der Waals surface area (Å²) < 4.78 is 16.5. The van der Waals surface area contributed by atoms with Gasteiger partial charge in [-0.25, -0.2) is 4.79 Å². The fourth-order valence-corrected chi connectivity index (χ4v) is 2.33. The van der Waals surface area contributed by atoms with E-state index in [0.717, 1.165) is 12.0 Å². The van der Waals surface area contributed by atoms with Crippen LogP contribution in [0.1, 0.15) is 20.7 Å². The molecule has 27 heavy (non-hydrogen) atoms. The number of hydrogen-bond donors (Lipinski definition) is 0. The third-order valence-corrected chi connectivity index (χ3v) is 3.66. The van der Waals surface area contributed by atoms with E-state index in [0.29, 0.717) is 35.8 Å². The normalized spacial score (nSPS) is 10.1. The maximum atomic E-state index is 12.3. The molecule has 0 radical (unpaired) electrons. The molecule has 3 rings (SSSR count). The predicted molar refractivity (Wildman–Crippen MR) is 101 cm³/mol. The smallest absolute Gasteiger partial charge is 0.343 e. The molecule has 0 amide bonds. The van der Waals surface area contributed by atoms with Crippen LogP contribution in [0.25, 0.3) is 0 Å². The molecular weight excluding hydrogens is 344 g/mol. The van der Waals surface area contributed by atoms with Gasteiger partial charge in [0.05, 0.1) is 5.56 Å². The lowest BCUT2D eigenvalue weighted by molar-refractivity contribution is 0.0734. The van der Waals surface area contributed by atoms with Gasteiger partial charge in [0.25, 0.3) is 0 Å². The molecule has 0 spiro atoms. The van der Waals surface area contributed by atoms with Gasteiger partial charge in [0.1, 0.15) is 36.7 Å². The number of hydrogen-bond acceptors (Lipinski definition) is 5. The SMILES string of the molecule is O=Cc1ccc(OC(=O)c2cccc(OCCOc3ccccc3)c2)cc1. The van der Waals surface area contributed by atoms with E-state index in [9.17, 15) is 9.59 Å². The van der Waals surface area contributed by atoms with Gasteiger partial charge in [-0.15, -0.1) is 0 Å². The molecule has 0 atom stereocenters. The number of benzene rings is 3. The molecule has 5 heteroatoms. The molecule has 0 aliphatic rings. The fourth-order valence-electron chi connectivity index (χ4n) is 2.33. The average Bonchev–Trinajstić information content (AvgIpc) is 2.73. The Hall–Kier alpha value is -3.60. The lowest BCUT2D eigenvalue weighted by Gasteiger charge is -2.09. The molecule has 0 unspecified atom stereocenters. The fraction of sp³-hybridized carbons (Fsp3) is 0.0909. The first-order valence-electron chi connectivity index (χ1n) is 8.43. The van der Waals surface area contributed by atoms with Gasteiger partial charge in [0, 0.05) is 5.56 Å². The van der Waals surface area contributed by atoms with Crippen molar-refractivity contribution in [2.45, 2.75) is 0 Å². The second-order valence-corrected chi connectivity index (χ2v) is 5.61. The van der Waals surface area contributed by atoms with Crippen LogP contribution in [-0.4, -0.2) is 25.5 Å². The second kappa shape index (κ2) is 9.20. The van der Waals surface area contributed by atoms with Gasteiger partial charge in [0.2, 0.25) is 0 Å². The van der Waals surface area contributed by atoms with Crippen molar-refractivity contribution in [3.05, 3.63) is 90.0 Å². The van der Waals surface area contributed by atoms with Crippen LogP contribution in [0.5, 0.6) is 17.2 Å². The Labute approximate surface area is 157 Å². The molecule has 5 nitrogen and oxygen atoms in total. The summed E-state index contributed by atoms with van der Waals surface area (Å²) in [6.45, 7) is 0.738. The van der Waals surface area contributed by atoms with Crippen LogP contribution in [0, 0.1) is 0 Å². The first-order chi connectivity index (χ1) is 13.2. The Morgan fingerprint density at radius 3 is 2.11 bits per heavy atom. The summed E-state index contributed by atoms with van der Waals surface area (Å²) in [6.07, 6.45) is 0.730. The molecule has 0 fully saturated rings. The minimum absolute atomic E-state index is 0.348. The Morgan fingerprint density at radius 1 is 0.741 bits per heavy atom. The van der Waals surface area contributed by atoms with E-state index in [1.165, 1.54) is 0 Å². The first kappa shape index (κ1) is 18.2. The third-order valence-electron chi connectivity index (χ3n) is 3.66. The third kappa shape index (κ3) is 5.44. The van der Waals surface area contributed by atoms with E-state index in [2.05, 4.69) is 0 Å². The van der Waals surface area contributed by atoms with Crippen LogP contribution < -0.4 is 14.2 Å². The van der Waals surface area contributed by atoms with Gasteiger partial charge < -0.3 is 14.2 Å². The summed E-state index contributed by atoms with van der Waals surface area (Å²) in [7, 11) is 0. The van der Waals surface area contributed by atoms with Crippen molar-refractivity contribution < 1.29 is 23.8 Å². The van der Waals surface area contributed by atoms with Gasteiger partial charge in [-0.05, 0) is 54.6 Å². The van der Waals surface area contributed by atoms with E-state index in [1.54, 1.807) is 48.5 Å². The molecule has 0 bridgehead atoms. The van der Waals surface area contributed by atoms with Gasteiger partial charge in [-0.3, -0.25) is 4.79 Å². The van der Waals surface area contributed by atoms with Crippen LogP contribution >= 0.6 is 0 Å². The summed E-state index contributed by atoms with van der Waals surface area (Å²) >= 11 is 0. The number of esters is 1. The van der Waals surface area contributed by atoms with E-state index in [-0.39, 0.29) is 0 Å². The minimum Gasteiger partial charge on any atom is -0.490 e. The van der Waals surface area contributed by atoms with E-state index in [1.807, 2.05) is 30.3 Å². The number of ether oxygens (including phenoxy) is 3. The van der Waals surface area contributed by atoms with Crippen molar-refractivity contribution in [1.29, 1.82) is 0 Å². The van der Waals surface area contributed by atoms with Gasteiger partial charge in [-0.2, -0.15) is 0 Å². The van der Waals surface area contributed by atoms with Gasteiger partial charge in [0.15, 0.2) is 0 Å². The Bertz CT molecular complexity index is 888. The Balaban J connectivity index is 1.52. The number of carbonyl (C=O) groups is 2. The molecule has 0 heterocycles. The second-order valence-electron chi connectivity index (χ2n) is 5.61. The standard InChI is InChI=1S/C22H18O5/c23-16-17-9-11-20(12-10-17)27-22(24)18-5-4-8-21(15-18)26-14-13-25-19-6-2-1-3-7-19/h1-12,15-16H,13-14H2. The van der Waals surface area contributed by atoms with E-state index in [4.69, 9.17) is 14.2 Å². The summed E-state index contributed by atoms with van der Waals surface area (Å²) in [6, 6.07) is 22.5. The zero-order valence-corrected chi connectivity index (χ0v) is 14.5. The summed E-state index contributed by atoms with van der Waals surface area (Å²) in [5.74, 6) is 1.20. The zero-order chi connectivity index (χ0) is 18.9. The minimum atomic E-state index is -0.500. The largest absolute Gasteiger partial charge is 0.490 e. The monoisotopic (exact) mass is 362 g/mol. The number of rotatable bonds is 8. The van der Waals surface area contributed by atoms with Gasteiger partial charge in [-0.1, -0.05) is 24.3 Å². The van der Waals surface area contributed by atoms with Crippen molar-refractivity contribution in [2.75, 3.05) is 13.2 Å². The molecule has 136 valence electrons. The molecular formula is C22H18O5. The first-order valence-corrected chi connectivity index (χ1v) is 8.43. The van der Waals surface area contributed by atoms with Crippen LogP contribution in [-0.2, 0) is 0 Å². The molecule has 0 N–H and O–H groups in total. The summed E-state index contributed by atoms with van der Waals surface area (Å²) in [5.41, 5.74) is 0.888. The molecule has 3 aromatic rings. The predicted octanol–water partition coefficient (Wildman–Crippen LogP) is 4.18. The topological polar surface area (TPSA) is 61.8 Å². The molecule has 0 saturated heterocycles. The highest BCUT2D eigenvalue weighted by Gasteiger charge is 2.10. The van der Waals surface area contributed by atoms with Gasteiger partial charge >= 0.3 is 5.97 Å². The Kier molecular flexibility index (Phi) is 6.20. The summed E-state index contributed by atoms with van der Waals surface area (Å²) in [4.78, 5) is 22.9. The number of carbonyl (C=O) groups excluding carboxylic acids is 2. The molecule has 0 saturated carbocycles. The van der Waals surface area contributed by atoms with Crippen molar-refractivity contribution in [2.24, 2.45) is 0 Å². The van der Waals surface area contributed by atoms with Crippen LogP contribution in [0.15, 0.2) is 78.9 Å². The van der Waals surface area contributed by atoms with Crippen molar-refractivity contribution in [3.8, 4) is 17.2 Å². The number of aldehydes is 1. The van der Waals surface area contributed by atoms with E-state index < -0.39 is 5.97 Å². The lowest BCUT2D eigenvalue weighted by Crippen LogP contribution is -2.11. The van der Waals surface area contributed by atoms with Crippen molar-refractivity contribution in [1.82, 2.24) is 0 Å². The quantitative estimate of drug-likeness (QED) is 0.260. The lowest BCUT2D eigenvalue weighted by atomic mass is 10.2.